The van der Waals surface area contributed by atoms with Crippen LogP contribution in [0.5, 0.6) is 0 Å². The van der Waals surface area contributed by atoms with Gasteiger partial charge in [-0.15, -0.1) is 0 Å². The number of likely N-dealkylation sites (tertiary alicyclic amines) is 1. The van der Waals surface area contributed by atoms with Crippen molar-refractivity contribution in [2.45, 2.75) is 32.7 Å². The Hall–Kier alpha value is -2.80. The number of rotatable bonds is 6. The molecule has 4 heterocycles. The summed E-state index contributed by atoms with van der Waals surface area (Å²) in [7, 11) is 0. The lowest BCUT2D eigenvalue weighted by atomic mass is 10.1. The molecule has 0 amide bonds. The topological polar surface area (TPSA) is 71.8 Å². The van der Waals surface area contributed by atoms with Crippen molar-refractivity contribution in [3.63, 3.8) is 0 Å². The maximum absolute atomic E-state index is 4.62. The second kappa shape index (κ2) is 8.26. The zero-order valence-corrected chi connectivity index (χ0v) is 15.7. The molecule has 0 atom stereocenters. The molecule has 0 spiro atoms. The Balaban J connectivity index is 1.42. The van der Waals surface area contributed by atoms with Crippen LogP contribution in [0.15, 0.2) is 43.0 Å². The monoisotopic (exact) mass is 363 g/mol. The Labute approximate surface area is 159 Å². The molecular weight excluding hydrogens is 338 g/mol. The highest BCUT2D eigenvalue weighted by Crippen LogP contribution is 2.19. The molecule has 7 nitrogen and oxygen atoms in total. The Morgan fingerprint density at radius 3 is 2.78 bits per heavy atom. The average Bonchev–Trinajstić information content (AvgIpc) is 3.15. The van der Waals surface area contributed by atoms with Crippen LogP contribution < -0.4 is 5.32 Å². The van der Waals surface area contributed by atoms with E-state index in [-0.39, 0.29) is 0 Å². The molecule has 0 unspecified atom stereocenters. The molecule has 0 aliphatic carbocycles. The number of nitrogens with zero attached hydrogens (tertiary/aromatic N) is 6. The largest absolute Gasteiger partial charge is 0.338 e. The highest BCUT2D eigenvalue weighted by molar-refractivity contribution is 5.60. The third-order valence-electron chi connectivity index (χ3n) is 4.77. The van der Waals surface area contributed by atoms with E-state index in [4.69, 9.17) is 0 Å². The van der Waals surface area contributed by atoms with Gasteiger partial charge in [-0.3, -0.25) is 9.67 Å². The lowest BCUT2D eigenvalue weighted by Gasteiger charge is -2.26. The van der Waals surface area contributed by atoms with Gasteiger partial charge in [0.1, 0.15) is 5.82 Å². The van der Waals surface area contributed by atoms with Crippen LogP contribution in [0, 0.1) is 6.92 Å². The highest BCUT2D eigenvalue weighted by Gasteiger charge is 2.10. The van der Waals surface area contributed by atoms with E-state index in [2.05, 4.69) is 30.3 Å². The standard InChI is InChI=1S/C20H25N7/c1-16-12-19(25-20(23-16)17-6-5-7-21-13-17)24-18-14-22-27(15-18)11-10-26-8-3-2-4-9-26/h5-7,12-15H,2-4,8-11H2,1H3,(H,23,24,25). The molecule has 1 N–H and O–H groups in total. The van der Waals surface area contributed by atoms with E-state index in [1.165, 1.54) is 32.4 Å². The van der Waals surface area contributed by atoms with Gasteiger partial charge in [-0.1, -0.05) is 6.42 Å². The summed E-state index contributed by atoms with van der Waals surface area (Å²) in [4.78, 5) is 15.8. The van der Waals surface area contributed by atoms with Crippen molar-refractivity contribution in [3.05, 3.63) is 48.7 Å². The number of anilines is 2. The summed E-state index contributed by atoms with van der Waals surface area (Å²) in [5, 5.41) is 7.82. The molecule has 1 aliphatic rings. The minimum atomic E-state index is 0.670. The number of hydrogen-bond donors (Lipinski definition) is 1. The van der Waals surface area contributed by atoms with Crippen molar-refractivity contribution in [2.75, 3.05) is 25.0 Å². The van der Waals surface area contributed by atoms with Gasteiger partial charge >= 0.3 is 0 Å². The average molecular weight is 363 g/mol. The van der Waals surface area contributed by atoms with Crippen LogP contribution in [0.2, 0.25) is 0 Å². The first-order valence-corrected chi connectivity index (χ1v) is 9.54. The van der Waals surface area contributed by atoms with Gasteiger partial charge in [0.25, 0.3) is 0 Å². The van der Waals surface area contributed by atoms with E-state index in [1.54, 1.807) is 12.4 Å². The Bertz CT molecular complexity index is 869. The van der Waals surface area contributed by atoms with Crippen LogP contribution >= 0.6 is 0 Å². The number of nitrogens with one attached hydrogen (secondary N) is 1. The number of aromatic nitrogens is 5. The van der Waals surface area contributed by atoms with Crippen molar-refractivity contribution < 1.29 is 0 Å². The third-order valence-corrected chi connectivity index (χ3v) is 4.77. The summed E-state index contributed by atoms with van der Waals surface area (Å²) in [5.41, 5.74) is 2.74. The molecule has 140 valence electrons. The summed E-state index contributed by atoms with van der Waals surface area (Å²) in [6.07, 6.45) is 11.4. The van der Waals surface area contributed by atoms with Crippen molar-refractivity contribution in [2.24, 2.45) is 0 Å². The van der Waals surface area contributed by atoms with Gasteiger partial charge in [-0.25, -0.2) is 9.97 Å². The SMILES string of the molecule is Cc1cc(Nc2cnn(CCN3CCCCC3)c2)nc(-c2cccnc2)n1. The fourth-order valence-electron chi connectivity index (χ4n) is 3.38. The molecule has 1 fully saturated rings. The number of piperidine rings is 1. The maximum Gasteiger partial charge on any atom is 0.163 e. The second-order valence-corrected chi connectivity index (χ2v) is 6.98. The first-order valence-electron chi connectivity index (χ1n) is 9.54. The van der Waals surface area contributed by atoms with E-state index in [0.29, 0.717) is 5.82 Å². The predicted molar refractivity (Wildman–Crippen MR) is 106 cm³/mol. The summed E-state index contributed by atoms with van der Waals surface area (Å²) < 4.78 is 1.99. The normalized spacial score (nSPS) is 15.0. The molecule has 0 bridgehead atoms. The summed E-state index contributed by atoms with van der Waals surface area (Å²) in [6, 6.07) is 5.79. The molecule has 27 heavy (non-hydrogen) atoms. The molecule has 3 aromatic rings. The van der Waals surface area contributed by atoms with Gasteiger partial charge in [-0.2, -0.15) is 5.10 Å². The van der Waals surface area contributed by atoms with Crippen LogP contribution in [-0.4, -0.2) is 49.3 Å². The van der Waals surface area contributed by atoms with Crippen LogP contribution in [0.3, 0.4) is 0 Å². The van der Waals surface area contributed by atoms with E-state index in [9.17, 15) is 0 Å². The Kier molecular flexibility index (Phi) is 5.39. The van der Waals surface area contributed by atoms with Crippen molar-refractivity contribution in [3.8, 4) is 11.4 Å². The Morgan fingerprint density at radius 2 is 1.96 bits per heavy atom. The molecule has 0 aromatic carbocycles. The van der Waals surface area contributed by atoms with Gasteiger partial charge in [-0.05, 0) is 45.0 Å². The highest BCUT2D eigenvalue weighted by atomic mass is 15.3. The first-order chi connectivity index (χ1) is 13.3. The molecule has 0 saturated carbocycles. The minimum absolute atomic E-state index is 0.670. The van der Waals surface area contributed by atoms with E-state index in [1.807, 2.05) is 42.2 Å². The van der Waals surface area contributed by atoms with Gasteiger partial charge in [0.05, 0.1) is 18.4 Å². The first kappa shape index (κ1) is 17.6. The quantitative estimate of drug-likeness (QED) is 0.725. The van der Waals surface area contributed by atoms with E-state index < -0.39 is 0 Å². The van der Waals surface area contributed by atoms with Crippen LogP contribution in [0.4, 0.5) is 11.5 Å². The molecule has 0 radical (unpaired) electrons. The fourth-order valence-corrected chi connectivity index (χ4v) is 3.38. The smallest absolute Gasteiger partial charge is 0.163 e. The van der Waals surface area contributed by atoms with Crippen molar-refractivity contribution in [1.29, 1.82) is 0 Å². The van der Waals surface area contributed by atoms with Crippen LogP contribution in [0.25, 0.3) is 11.4 Å². The van der Waals surface area contributed by atoms with Crippen molar-refractivity contribution >= 4 is 11.5 Å². The molecule has 3 aromatic heterocycles. The molecule has 1 aliphatic heterocycles. The number of aryl methyl sites for hydroxylation is 1. The maximum atomic E-state index is 4.62. The van der Waals surface area contributed by atoms with E-state index >= 15 is 0 Å². The summed E-state index contributed by atoms with van der Waals surface area (Å²) in [5.74, 6) is 1.43. The zero-order valence-electron chi connectivity index (χ0n) is 15.7. The summed E-state index contributed by atoms with van der Waals surface area (Å²) >= 11 is 0. The van der Waals surface area contributed by atoms with Gasteiger partial charge < -0.3 is 10.2 Å². The van der Waals surface area contributed by atoms with Gasteiger partial charge in [0.2, 0.25) is 0 Å². The predicted octanol–water partition coefficient (Wildman–Crippen LogP) is 3.27. The molecule has 1 saturated heterocycles. The lowest BCUT2D eigenvalue weighted by Crippen LogP contribution is -2.32. The fraction of sp³-hybridized carbons (Fsp3) is 0.400. The van der Waals surface area contributed by atoms with Crippen molar-refractivity contribution in [1.82, 2.24) is 29.6 Å². The number of hydrogen-bond acceptors (Lipinski definition) is 6. The third kappa shape index (κ3) is 4.68. The second-order valence-electron chi connectivity index (χ2n) is 6.98. The molecular formula is C20H25N7. The van der Waals surface area contributed by atoms with Gasteiger partial charge in [0.15, 0.2) is 5.82 Å². The lowest BCUT2D eigenvalue weighted by molar-refractivity contribution is 0.218. The Morgan fingerprint density at radius 1 is 1.07 bits per heavy atom. The molecule has 4 rings (SSSR count). The minimum Gasteiger partial charge on any atom is -0.338 e. The van der Waals surface area contributed by atoms with E-state index in [0.717, 1.165) is 35.9 Å². The van der Waals surface area contributed by atoms with Crippen LogP contribution in [0.1, 0.15) is 25.0 Å². The number of pyridine rings is 1. The zero-order chi connectivity index (χ0) is 18.5. The molecule has 7 heteroatoms. The van der Waals surface area contributed by atoms with Gasteiger partial charge in [0, 0.05) is 42.5 Å². The van der Waals surface area contributed by atoms with Crippen LogP contribution in [-0.2, 0) is 6.54 Å². The summed E-state index contributed by atoms with van der Waals surface area (Å²) in [6.45, 7) is 6.35.